The monoisotopic (exact) mass is 152 g/mol. The summed E-state index contributed by atoms with van der Waals surface area (Å²) in [7, 11) is 0. The van der Waals surface area contributed by atoms with Gasteiger partial charge in [-0.25, -0.2) is 0 Å². The van der Waals surface area contributed by atoms with Crippen molar-refractivity contribution < 1.29 is 4.79 Å². The summed E-state index contributed by atoms with van der Waals surface area (Å²) in [5, 5.41) is 0. The quantitative estimate of drug-likeness (QED) is 0.437. The van der Waals surface area contributed by atoms with E-state index < -0.39 is 0 Å². The largest absolute Gasteiger partial charge is 0.295 e. The molecule has 0 bridgehead atoms. The van der Waals surface area contributed by atoms with Crippen LogP contribution in [0, 0.1) is 0 Å². The predicted octanol–water partition coefficient (Wildman–Crippen LogP) is 2.88. The van der Waals surface area contributed by atoms with Gasteiger partial charge in [0.1, 0.15) is 0 Å². The van der Waals surface area contributed by atoms with Gasteiger partial charge in [0.05, 0.1) is 0 Å². The van der Waals surface area contributed by atoms with Crippen molar-refractivity contribution >= 4 is 5.78 Å². The Kier molecular flexibility index (Phi) is 4.51. The zero-order chi connectivity index (χ0) is 8.85. The molecule has 0 fully saturated rings. The van der Waals surface area contributed by atoms with Gasteiger partial charge in [0.25, 0.3) is 0 Å². The number of unbranched alkanes of at least 4 members (excludes halogenated alkanes) is 1. The van der Waals surface area contributed by atoms with E-state index in [9.17, 15) is 4.79 Å². The van der Waals surface area contributed by atoms with Crippen LogP contribution in [-0.2, 0) is 4.79 Å². The van der Waals surface area contributed by atoms with Crippen LogP contribution in [-0.4, -0.2) is 5.78 Å². The first-order valence-electron chi connectivity index (χ1n) is 3.97. The molecule has 11 heavy (non-hydrogen) atoms. The summed E-state index contributed by atoms with van der Waals surface area (Å²) in [6, 6.07) is 0. The molecule has 0 N–H and O–H groups in total. The van der Waals surface area contributed by atoms with Gasteiger partial charge in [0.2, 0.25) is 0 Å². The molecule has 1 heteroatoms. The summed E-state index contributed by atoms with van der Waals surface area (Å²) < 4.78 is 0. The van der Waals surface area contributed by atoms with Crippen molar-refractivity contribution in [3.63, 3.8) is 0 Å². The molecule has 0 spiro atoms. The Bertz CT molecular complexity index is 177. The van der Waals surface area contributed by atoms with Crippen molar-refractivity contribution in [1.29, 1.82) is 0 Å². The molecule has 0 atom stereocenters. The second-order valence-corrected chi connectivity index (χ2v) is 2.74. The highest BCUT2D eigenvalue weighted by molar-refractivity contribution is 5.96. The third-order valence-electron chi connectivity index (χ3n) is 1.68. The first-order chi connectivity index (χ1) is 5.09. The maximum Gasteiger partial charge on any atom is 0.159 e. The molecule has 0 rings (SSSR count). The number of carbonyl (C=O) groups is 1. The third-order valence-corrected chi connectivity index (χ3v) is 1.68. The highest BCUT2D eigenvalue weighted by Crippen LogP contribution is 2.13. The number of hydrogen-bond acceptors (Lipinski definition) is 1. The standard InChI is InChI=1S/C10H16O/c1-5-6-7-8(2)9(3)10(4)11/h2-3,5-7H2,1,4H3. The van der Waals surface area contributed by atoms with Crippen molar-refractivity contribution in [3.05, 3.63) is 24.3 Å². The van der Waals surface area contributed by atoms with Crippen LogP contribution in [0.15, 0.2) is 24.3 Å². The molecule has 0 heterocycles. The topological polar surface area (TPSA) is 17.1 Å². The van der Waals surface area contributed by atoms with Crippen molar-refractivity contribution in [2.24, 2.45) is 0 Å². The second kappa shape index (κ2) is 4.89. The van der Waals surface area contributed by atoms with E-state index in [-0.39, 0.29) is 5.78 Å². The van der Waals surface area contributed by atoms with E-state index in [2.05, 4.69) is 20.1 Å². The molecule has 1 nitrogen and oxygen atoms in total. The average molecular weight is 152 g/mol. The minimum Gasteiger partial charge on any atom is -0.295 e. The van der Waals surface area contributed by atoms with Crippen molar-refractivity contribution in [2.45, 2.75) is 33.1 Å². The van der Waals surface area contributed by atoms with Crippen LogP contribution in [0.3, 0.4) is 0 Å². The smallest absolute Gasteiger partial charge is 0.159 e. The molecule has 0 aliphatic heterocycles. The fourth-order valence-electron chi connectivity index (χ4n) is 0.790. The van der Waals surface area contributed by atoms with Crippen LogP contribution >= 0.6 is 0 Å². The van der Waals surface area contributed by atoms with Gasteiger partial charge in [0, 0.05) is 5.57 Å². The van der Waals surface area contributed by atoms with Crippen LogP contribution in [0.1, 0.15) is 33.1 Å². The number of rotatable bonds is 5. The first kappa shape index (κ1) is 10.2. The van der Waals surface area contributed by atoms with Crippen molar-refractivity contribution in [1.82, 2.24) is 0 Å². The Labute approximate surface area is 68.8 Å². The van der Waals surface area contributed by atoms with Gasteiger partial charge in [-0.3, -0.25) is 4.79 Å². The van der Waals surface area contributed by atoms with E-state index in [0.717, 1.165) is 24.8 Å². The number of ketones is 1. The highest BCUT2D eigenvalue weighted by Gasteiger charge is 2.03. The van der Waals surface area contributed by atoms with Gasteiger partial charge in [-0.2, -0.15) is 0 Å². The summed E-state index contributed by atoms with van der Waals surface area (Å²) in [6.07, 6.45) is 3.12. The molecule has 0 amide bonds. The molecule has 0 aromatic heterocycles. The lowest BCUT2D eigenvalue weighted by atomic mass is 10.0. The summed E-state index contributed by atoms with van der Waals surface area (Å²) in [4.78, 5) is 10.8. The second-order valence-electron chi connectivity index (χ2n) is 2.74. The van der Waals surface area contributed by atoms with Gasteiger partial charge in [-0.15, -0.1) is 0 Å². The maximum atomic E-state index is 10.8. The molecule has 0 saturated carbocycles. The molecule has 0 aliphatic carbocycles. The minimum atomic E-state index is 0.0334. The first-order valence-corrected chi connectivity index (χ1v) is 3.97. The zero-order valence-electron chi connectivity index (χ0n) is 7.44. The highest BCUT2D eigenvalue weighted by atomic mass is 16.1. The van der Waals surface area contributed by atoms with Gasteiger partial charge in [-0.1, -0.05) is 26.5 Å². The Morgan fingerprint density at radius 3 is 2.27 bits per heavy atom. The minimum absolute atomic E-state index is 0.0334. The van der Waals surface area contributed by atoms with E-state index in [1.165, 1.54) is 6.92 Å². The van der Waals surface area contributed by atoms with Gasteiger partial charge >= 0.3 is 0 Å². The van der Waals surface area contributed by atoms with Crippen molar-refractivity contribution in [3.8, 4) is 0 Å². The number of allylic oxidation sites excluding steroid dienone is 2. The number of hydrogen-bond donors (Lipinski definition) is 0. The molecule has 0 aliphatic rings. The molecule has 0 unspecified atom stereocenters. The summed E-state index contributed by atoms with van der Waals surface area (Å²) in [5.74, 6) is 0.0334. The number of Topliss-reactive ketones (excluding diaryl/α,β-unsaturated/α-hetero) is 1. The lowest BCUT2D eigenvalue weighted by Gasteiger charge is -2.03. The molecular weight excluding hydrogens is 136 g/mol. The van der Waals surface area contributed by atoms with Gasteiger partial charge < -0.3 is 0 Å². The molecule has 0 aromatic rings. The Balaban J connectivity index is 3.84. The Morgan fingerprint density at radius 1 is 1.36 bits per heavy atom. The van der Waals surface area contributed by atoms with E-state index in [0.29, 0.717) is 5.57 Å². The van der Waals surface area contributed by atoms with E-state index in [1.807, 2.05) is 0 Å². The lowest BCUT2D eigenvalue weighted by Crippen LogP contribution is -1.97. The Hall–Kier alpha value is -0.850. The lowest BCUT2D eigenvalue weighted by molar-refractivity contribution is -0.113. The average Bonchev–Trinajstić information content (AvgIpc) is 1.98. The molecule has 0 radical (unpaired) electrons. The zero-order valence-corrected chi connectivity index (χ0v) is 7.44. The fourth-order valence-corrected chi connectivity index (χ4v) is 0.790. The molecule has 0 saturated heterocycles. The van der Waals surface area contributed by atoms with Crippen LogP contribution in [0.5, 0.6) is 0 Å². The number of carbonyl (C=O) groups excluding carboxylic acids is 1. The van der Waals surface area contributed by atoms with Crippen LogP contribution < -0.4 is 0 Å². The normalized spacial score (nSPS) is 9.27. The van der Waals surface area contributed by atoms with E-state index in [1.54, 1.807) is 0 Å². The van der Waals surface area contributed by atoms with Gasteiger partial charge in [-0.05, 0) is 25.3 Å². The van der Waals surface area contributed by atoms with Crippen molar-refractivity contribution in [2.75, 3.05) is 0 Å². The summed E-state index contributed by atoms with van der Waals surface area (Å²) in [6.45, 7) is 11.1. The summed E-state index contributed by atoms with van der Waals surface area (Å²) in [5.41, 5.74) is 1.47. The summed E-state index contributed by atoms with van der Waals surface area (Å²) >= 11 is 0. The van der Waals surface area contributed by atoms with Crippen LogP contribution in [0.2, 0.25) is 0 Å². The van der Waals surface area contributed by atoms with Crippen LogP contribution in [0.25, 0.3) is 0 Å². The fraction of sp³-hybridized carbons (Fsp3) is 0.500. The third kappa shape index (κ3) is 3.76. The predicted molar refractivity (Wildman–Crippen MR) is 48.5 cm³/mol. The van der Waals surface area contributed by atoms with Crippen LogP contribution in [0.4, 0.5) is 0 Å². The van der Waals surface area contributed by atoms with E-state index in [4.69, 9.17) is 0 Å². The molecule has 0 aromatic carbocycles. The maximum absolute atomic E-state index is 10.8. The SMILES string of the molecule is C=C(CCCC)C(=C)C(C)=O. The molecule has 62 valence electrons. The van der Waals surface area contributed by atoms with E-state index >= 15 is 0 Å². The molecular formula is C10H16O. The Morgan fingerprint density at radius 2 is 1.91 bits per heavy atom. The van der Waals surface area contributed by atoms with Gasteiger partial charge in [0.15, 0.2) is 5.78 Å².